The third kappa shape index (κ3) is 3.51. The number of carbonyl (C=O) groups is 1. The Bertz CT molecular complexity index is 715. The zero-order valence-electron chi connectivity index (χ0n) is 14.3. The van der Waals surface area contributed by atoms with E-state index in [1.165, 1.54) is 0 Å². The molecule has 2 aromatic rings. The minimum atomic E-state index is -0.0308. The minimum absolute atomic E-state index is 0.0308. The lowest BCUT2D eigenvalue weighted by Crippen LogP contribution is -2.39. The van der Waals surface area contributed by atoms with E-state index >= 15 is 0 Å². The summed E-state index contributed by atoms with van der Waals surface area (Å²) in [4.78, 5) is 25.4. The second kappa shape index (κ2) is 7.17. The summed E-state index contributed by atoms with van der Waals surface area (Å²) < 4.78 is 0. The van der Waals surface area contributed by atoms with Gasteiger partial charge in [-0.15, -0.1) is 11.3 Å². The third-order valence-corrected chi connectivity index (χ3v) is 5.00. The number of aromatic nitrogens is 2. The van der Waals surface area contributed by atoms with Gasteiger partial charge in [0.05, 0.1) is 16.7 Å². The molecule has 0 radical (unpaired) electrons. The van der Waals surface area contributed by atoms with Crippen molar-refractivity contribution in [2.24, 2.45) is 0 Å². The molecule has 6 nitrogen and oxygen atoms in total. The summed E-state index contributed by atoms with van der Waals surface area (Å²) in [6.07, 6.45) is 3.76. The van der Waals surface area contributed by atoms with Gasteiger partial charge < -0.3 is 15.1 Å². The molecule has 0 aromatic carbocycles. The highest BCUT2D eigenvalue weighted by atomic mass is 32.1. The normalized spacial score (nSPS) is 17.1. The maximum absolute atomic E-state index is 12.6. The van der Waals surface area contributed by atoms with Gasteiger partial charge in [0, 0.05) is 44.3 Å². The molecular weight excluding hydrogens is 322 g/mol. The van der Waals surface area contributed by atoms with Crippen LogP contribution in [0.2, 0.25) is 0 Å². The first kappa shape index (κ1) is 16.7. The van der Waals surface area contributed by atoms with E-state index in [2.05, 4.69) is 20.7 Å². The molecule has 128 valence electrons. The van der Waals surface area contributed by atoms with Crippen LogP contribution in [0.15, 0.2) is 23.7 Å². The van der Waals surface area contributed by atoms with Crippen LogP contribution in [0.1, 0.15) is 35.1 Å². The fourth-order valence-electron chi connectivity index (χ4n) is 3.09. The van der Waals surface area contributed by atoms with E-state index in [9.17, 15) is 4.79 Å². The largest absolute Gasteiger partial charge is 0.362 e. The molecule has 0 spiro atoms. The van der Waals surface area contributed by atoms with Crippen molar-refractivity contribution in [2.75, 3.05) is 25.5 Å². The molecule has 2 aromatic heterocycles. The van der Waals surface area contributed by atoms with Gasteiger partial charge in [0.2, 0.25) is 0 Å². The number of nitrogens with zero attached hydrogens (tertiary/aromatic N) is 4. The molecule has 1 aliphatic rings. The van der Waals surface area contributed by atoms with E-state index in [4.69, 9.17) is 0 Å². The predicted octanol–water partition coefficient (Wildman–Crippen LogP) is 2.96. The van der Waals surface area contributed by atoms with E-state index in [1.54, 1.807) is 17.5 Å². The van der Waals surface area contributed by atoms with Crippen LogP contribution >= 0.6 is 11.3 Å². The van der Waals surface area contributed by atoms with E-state index in [0.717, 1.165) is 41.5 Å². The molecule has 3 rings (SSSR count). The Hall–Kier alpha value is -2.15. The van der Waals surface area contributed by atoms with Crippen LogP contribution in [0.3, 0.4) is 0 Å². The number of nitrogens with one attached hydrogen (secondary N) is 1. The highest BCUT2D eigenvalue weighted by molar-refractivity contribution is 7.09. The van der Waals surface area contributed by atoms with Crippen LogP contribution in [0.5, 0.6) is 0 Å². The standard InChI is InChI=1S/C17H23N5OS/c1-12-20-14(11-24-12)15-7-5-9-22(15)17(23)19-10-13-6-4-8-18-16(13)21(2)3/h4,6,8,11,15H,5,7,9-10H2,1-3H3,(H,19,23)/t15-/m1/s1. The average molecular weight is 345 g/mol. The second-order valence-electron chi connectivity index (χ2n) is 6.18. The fourth-order valence-corrected chi connectivity index (χ4v) is 3.75. The zero-order chi connectivity index (χ0) is 17.1. The maximum atomic E-state index is 12.6. The molecule has 1 N–H and O–H groups in total. The quantitative estimate of drug-likeness (QED) is 0.925. The lowest BCUT2D eigenvalue weighted by Gasteiger charge is -2.24. The summed E-state index contributed by atoms with van der Waals surface area (Å²) in [5.41, 5.74) is 2.02. The van der Waals surface area contributed by atoms with Gasteiger partial charge in [-0.1, -0.05) is 6.07 Å². The van der Waals surface area contributed by atoms with Gasteiger partial charge >= 0.3 is 6.03 Å². The van der Waals surface area contributed by atoms with Gasteiger partial charge in [0.25, 0.3) is 0 Å². The summed E-state index contributed by atoms with van der Waals surface area (Å²) >= 11 is 1.64. The SMILES string of the molecule is Cc1nc([C@H]2CCCN2C(=O)NCc2cccnc2N(C)C)cs1. The topological polar surface area (TPSA) is 61.4 Å². The number of amides is 2. The van der Waals surface area contributed by atoms with Crippen LogP contribution in [-0.4, -0.2) is 41.5 Å². The number of rotatable bonds is 4. The van der Waals surface area contributed by atoms with Gasteiger partial charge in [-0.25, -0.2) is 14.8 Å². The maximum Gasteiger partial charge on any atom is 0.318 e. The lowest BCUT2D eigenvalue weighted by atomic mass is 10.2. The van der Waals surface area contributed by atoms with Crippen molar-refractivity contribution >= 4 is 23.2 Å². The van der Waals surface area contributed by atoms with Crippen LogP contribution in [-0.2, 0) is 6.54 Å². The molecule has 0 bridgehead atoms. The first-order valence-corrected chi connectivity index (χ1v) is 9.02. The number of pyridine rings is 1. The molecule has 24 heavy (non-hydrogen) atoms. The first-order chi connectivity index (χ1) is 11.6. The molecule has 3 heterocycles. The number of aryl methyl sites for hydroxylation is 1. The molecular formula is C17H23N5OS. The average Bonchev–Trinajstić information content (AvgIpc) is 3.21. The number of thiazole rings is 1. The number of anilines is 1. The monoisotopic (exact) mass is 345 g/mol. The van der Waals surface area contributed by atoms with Crippen LogP contribution < -0.4 is 10.2 Å². The van der Waals surface area contributed by atoms with Gasteiger partial charge in [-0.2, -0.15) is 0 Å². The Morgan fingerprint density at radius 1 is 1.50 bits per heavy atom. The number of hydrogen-bond donors (Lipinski definition) is 1. The minimum Gasteiger partial charge on any atom is -0.362 e. The Labute approximate surface area is 146 Å². The molecule has 7 heteroatoms. The van der Waals surface area contributed by atoms with Crippen molar-refractivity contribution in [3.05, 3.63) is 40.0 Å². The Kier molecular flexibility index (Phi) is 4.99. The lowest BCUT2D eigenvalue weighted by molar-refractivity contribution is 0.191. The van der Waals surface area contributed by atoms with E-state index in [-0.39, 0.29) is 12.1 Å². The number of urea groups is 1. The molecule has 2 amide bonds. The van der Waals surface area contributed by atoms with Gasteiger partial charge in [-0.05, 0) is 25.8 Å². The van der Waals surface area contributed by atoms with Crippen molar-refractivity contribution in [2.45, 2.75) is 32.4 Å². The third-order valence-electron chi connectivity index (χ3n) is 4.21. The van der Waals surface area contributed by atoms with Crippen LogP contribution in [0, 0.1) is 6.92 Å². The molecule has 0 saturated carbocycles. The molecule has 1 atom stereocenters. The smallest absolute Gasteiger partial charge is 0.318 e. The van der Waals surface area contributed by atoms with E-state index in [1.807, 2.05) is 43.0 Å². The van der Waals surface area contributed by atoms with Crippen molar-refractivity contribution in [1.29, 1.82) is 0 Å². The highest BCUT2D eigenvalue weighted by Gasteiger charge is 2.31. The Balaban J connectivity index is 1.67. The van der Waals surface area contributed by atoms with Crippen LogP contribution in [0.25, 0.3) is 0 Å². The predicted molar refractivity (Wildman–Crippen MR) is 96.3 cm³/mol. The van der Waals surface area contributed by atoms with Crippen molar-refractivity contribution in [3.63, 3.8) is 0 Å². The van der Waals surface area contributed by atoms with Crippen molar-refractivity contribution in [1.82, 2.24) is 20.2 Å². The van der Waals surface area contributed by atoms with E-state index < -0.39 is 0 Å². The van der Waals surface area contributed by atoms with Crippen LogP contribution in [0.4, 0.5) is 10.6 Å². The molecule has 1 fully saturated rings. The molecule has 1 aliphatic heterocycles. The zero-order valence-corrected chi connectivity index (χ0v) is 15.1. The van der Waals surface area contributed by atoms with Crippen molar-refractivity contribution < 1.29 is 4.79 Å². The summed E-state index contributed by atoms with van der Waals surface area (Å²) in [7, 11) is 3.91. The summed E-state index contributed by atoms with van der Waals surface area (Å²) in [5.74, 6) is 0.880. The van der Waals surface area contributed by atoms with Crippen molar-refractivity contribution in [3.8, 4) is 0 Å². The first-order valence-electron chi connectivity index (χ1n) is 8.14. The number of carbonyl (C=O) groups excluding carboxylic acids is 1. The Morgan fingerprint density at radius 3 is 3.04 bits per heavy atom. The highest BCUT2D eigenvalue weighted by Crippen LogP contribution is 2.32. The fraction of sp³-hybridized carbons (Fsp3) is 0.471. The molecule has 1 saturated heterocycles. The van der Waals surface area contributed by atoms with Gasteiger partial charge in [-0.3, -0.25) is 0 Å². The number of hydrogen-bond acceptors (Lipinski definition) is 5. The summed E-state index contributed by atoms with van der Waals surface area (Å²) in [5, 5.41) is 6.15. The van der Waals surface area contributed by atoms with Gasteiger partial charge in [0.15, 0.2) is 0 Å². The number of likely N-dealkylation sites (tertiary alicyclic amines) is 1. The second-order valence-corrected chi connectivity index (χ2v) is 7.24. The van der Waals surface area contributed by atoms with Gasteiger partial charge in [0.1, 0.15) is 5.82 Å². The molecule has 0 unspecified atom stereocenters. The molecule has 0 aliphatic carbocycles. The van der Waals surface area contributed by atoms with E-state index in [0.29, 0.717) is 6.54 Å². The Morgan fingerprint density at radius 2 is 2.33 bits per heavy atom. The summed E-state index contributed by atoms with van der Waals surface area (Å²) in [6.45, 7) is 3.25. The summed E-state index contributed by atoms with van der Waals surface area (Å²) in [6, 6.07) is 3.95.